The van der Waals surface area contributed by atoms with E-state index in [-0.39, 0.29) is 26.8 Å². The van der Waals surface area contributed by atoms with Crippen LogP contribution in [0.2, 0.25) is 0 Å². The van der Waals surface area contributed by atoms with Crippen molar-refractivity contribution >= 4 is 11.4 Å². The molecule has 3 aromatic carbocycles. The third-order valence-corrected chi connectivity index (χ3v) is 6.32. The van der Waals surface area contributed by atoms with E-state index in [1.54, 1.807) is 6.07 Å². The van der Waals surface area contributed by atoms with Crippen molar-refractivity contribution in [3.05, 3.63) is 109 Å². The first-order valence-corrected chi connectivity index (χ1v) is 12.0. The largest absolute Gasteiger partial charge is 2.00 e. The minimum atomic E-state index is 0. The fraction of sp³-hybridized carbons (Fsp3) is 0.200. The van der Waals surface area contributed by atoms with Crippen molar-refractivity contribution in [1.29, 1.82) is 0 Å². The van der Waals surface area contributed by atoms with Gasteiger partial charge >= 0.3 is 21.1 Å². The van der Waals surface area contributed by atoms with Gasteiger partial charge in [0.2, 0.25) is 0 Å². The number of hydrogen-bond acceptors (Lipinski definition) is 4. The first-order valence-electron chi connectivity index (χ1n) is 12.0. The van der Waals surface area contributed by atoms with Gasteiger partial charge in [0.05, 0.1) is 11.5 Å². The zero-order valence-corrected chi connectivity index (χ0v) is 23.1. The van der Waals surface area contributed by atoms with Gasteiger partial charge in [0.1, 0.15) is 5.75 Å². The van der Waals surface area contributed by atoms with Gasteiger partial charge in [-0.05, 0) is 47.5 Å². The zero-order valence-electron chi connectivity index (χ0n) is 20.9. The van der Waals surface area contributed by atoms with E-state index in [4.69, 9.17) is 4.98 Å². The van der Waals surface area contributed by atoms with Gasteiger partial charge in [-0.2, -0.15) is 0 Å². The molecule has 0 atom stereocenters. The fourth-order valence-corrected chi connectivity index (χ4v) is 4.53. The number of phenols is 1. The maximum atomic E-state index is 10.2. The summed E-state index contributed by atoms with van der Waals surface area (Å²) < 4.78 is 2.21. The van der Waals surface area contributed by atoms with Gasteiger partial charge in [-0.3, -0.25) is 4.98 Å². The number of aromatic nitrogens is 2. The van der Waals surface area contributed by atoms with Crippen LogP contribution < -0.4 is 9.80 Å². The standard InChI is InChI=1S/C30H30N4O.Pt/c1-21(2)25-11-8-12-26(22(3)4)29(25)34-16-15-31-30(34)23-9-7-10-24(19-23)32-17-18-33(20-32)27-13-5-6-14-28(27)35;/h5-18,20-22,35H,1-4H3;/q-2;+2. The average molecular weight is 658 g/mol. The smallest absolute Gasteiger partial charge is 0.506 e. The summed E-state index contributed by atoms with van der Waals surface area (Å²) in [5.74, 6) is 1.88. The van der Waals surface area contributed by atoms with E-state index in [0.29, 0.717) is 11.8 Å². The van der Waals surface area contributed by atoms with E-state index in [0.717, 1.165) is 22.8 Å². The molecular weight excluding hydrogens is 627 g/mol. The van der Waals surface area contributed by atoms with Crippen LogP contribution in [0.3, 0.4) is 0 Å². The van der Waals surface area contributed by atoms with Crippen molar-refractivity contribution in [2.75, 3.05) is 9.80 Å². The number of hydrogen-bond donors (Lipinski definition) is 1. The molecule has 6 heteroatoms. The van der Waals surface area contributed by atoms with Crippen molar-refractivity contribution in [3.8, 4) is 22.8 Å². The molecule has 1 N–H and O–H groups in total. The Bertz CT molecular complexity index is 1350. The van der Waals surface area contributed by atoms with Crippen molar-refractivity contribution in [2.24, 2.45) is 0 Å². The molecule has 0 spiro atoms. The van der Waals surface area contributed by atoms with Crippen LogP contribution in [-0.4, -0.2) is 14.7 Å². The van der Waals surface area contributed by atoms with Crippen molar-refractivity contribution in [1.82, 2.24) is 9.55 Å². The molecule has 5 rings (SSSR count). The van der Waals surface area contributed by atoms with Gasteiger partial charge in [-0.15, -0.1) is 36.5 Å². The van der Waals surface area contributed by atoms with Gasteiger partial charge in [-0.1, -0.05) is 63.7 Å². The summed E-state index contributed by atoms with van der Waals surface area (Å²) in [5, 5.41) is 10.2. The van der Waals surface area contributed by atoms with Crippen LogP contribution >= 0.6 is 0 Å². The predicted molar refractivity (Wildman–Crippen MR) is 143 cm³/mol. The van der Waals surface area contributed by atoms with Crippen LogP contribution in [0.4, 0.5) is 11.4 Å². The Morgan fingerprint density at radius 2 is 1.50 bits per heavy atom. The number of anilines is 2. The van der Waals surface area contributed by atoms with E-state index in [1.807, 2.05) is 71.6 Å². The SMILES string of the molecule is CC(C)c1cccc(C(C)C)c1-n1ccnc1-c1[c-]c(N2C=CN(c3ccccc3O)[CH-]2)ccc1.[Pt+2]. The first kappa shape index (κ1) is 25.8. The summed E-state index contributed by atoms with van der Waals surface area (Å²) >= 11 is 0. The van der Waals surface area contributed by atoms with Gasteiger partial charge < -0.3 is 19.5 Å². The fourth-order valence-electron chi connectivity index (χ4n) is 4.53. The molecule has 5 nitrogen and oxygen atoms in total. The van der Waals surface area contributed by atoms with Crippen LogP contribution in [0.1, 0.15) is 50.7 Å². The Balaban J connectivity index is 0.00000304. The minimum absolute atomic E-state index is 0. The molecule has 186 valence electrons. The summed E-state index contributed by atoms with van der Waals surface area (Å²) in [6, 6.07) is 23.5. The van der Waals surface area contributed by atoms with Gasteiger partial charge in [0, 0.05) is 18.1 Å². The number of imidazole rings is 1. The van der Waals surface area contributed by atoms with E-state index in [1.165, 1.54) is 16.8 Å². The second-order valence-corrected chi connectivity index (χ2v) is 9.38. The first-order chi connectivity index (χ1) is 16.9. The van der Waals surface area contributed by atoms with Crippen molar-refractivity contribution in [2.45, 2.75) is 39.5 Å². The molecule has 36 heavy (non-hydrogen) atoms. The second kappa shape index (κ2) is 10.8. The molecule has 0 aliphatic carbocycles. The molecule has 0 radical (unpaired) electrons. The zero-order chi connectivity index (χ0) is 24.5. The number of benzene rings is 3. The van der Waals surface area contributed by atoms with E-state index < -0.39 is 0 Å². The Kier molecular flexibility index (Phi) is 7.70. The third kappa shape index (κ3) is 4.85. The second-order valence-electron chi connectivity index (χ2n) is 9.38. The molecule has 0 amide bonds. The van der Waals surface area contributed by atoms with E-state index >= 15 is 0 Å². The molecule has 0 saturated carbocycles. The van der Waals surface area contributed by atoms with Gasteiger partial charge in [0.15, 0.2) is 0 Å². The molecule has 1 aliphatic rings. The topological polar surface area (TPSA) is 44.5 Å². The molecule has 0 saturated heterocycles. The number of aromatic hydroxyl groups is 1. The monoisotopic (exact) mass is 657 g/mol. The van der Waals surface area contributed by atoms with Crippen LogP contribution in [0, 0.1) is 12.7 Å². The molecule has 1 aliphatic heterocycles. The quantitative estimate of drug-likeness (QED) is 0.223. The number of rotatable bonds is 6. The molecule has 2 heterocycles. The normalized spacial score (nSPS) is 13.1. The van der Waals surface area contributed by atoms with Crippen LogP contribution in [0.25, 0.3) is 17.1 Å². The molecule has 0 fully saturated rings. The maximum absolute atomic E-state index is 10.2. The molecule has 1 aromatic heterocycles. The summed E-state index contributed by atoms with van der Waals surface area (Å²) in [5.41, 5.74) is 6.36. The van der Waals surface area contributed by atoms with Crippen LogP contribution in [-0.2, 0) is 21.1 Å². The number of phenolic OH excluding ortho intramolecular Hbond substituents is 1. The van der Waals surface area contributed by atoms with Gasteiger partial charge in [0.25, 0.3) is 0 Å². The molecular formula is C30H30N4OPt. The molecule has 0 unspecified atom stereocenters. The predicted octanol–water partition coefficient (Wildman–Crippen LogP) is 7.21. The Morgan fingerprint density at radius 3 is 2.19 bits per heavy atom. The summed E-state index contributed by atoms with van der Waals surface area (Å²) in [6.45, 7) is 10.9. The van der Waals surface area contributed by atoms with E-state index in [2.05, 4.69) is 62.6 Å². The van der Waals surface area contributed by atoms with Gasteiger partial charge in [-0.25, -0.2) is 0 Å². The molecule has 4 aromatic rings. The maximum Gasteiger partial charge on any atom is 2.00 e. The minimum Gasteiger partial charge on any atom is -0.506 e. The van der Waals surface area contributed by atoms with Crippen molar-refractivity contribution in [3.63, 3.8) is 0 Å². The number of nitrogens with zero attached hydrogens (tertiary/aromatic N) is 4. The summed E-state index contributed by atoms with van der Waals surface area (Å²) in [6.07, 6.45) is 7.79. The third-order valence-electron chi connectivity index (χ3n) is 6.32. The summed E-state index contributed by atoms with van der Waals surface area (Å²) in [7, 11) is 0. The van der Waals surface area contributed by atoms with Crippen molar-refractivity contribution < 1.29 is 26.2 Å². The Labute approximate surface area is 228 Å². The molecule has 0 bridgehead atoms. The summed E-state index contributed by atoms with van der Waals surface area (Å²) in [4.78, 5) is 8.63. The van der Waals surface area contributed by atoms with E-state index in [9.17, 15) is 5.11 Å². The number of para-hydroxylation sites is 3. The Hall–Kier alpha value is -3.30. The van der Waals surface area contributed by atoms with Crippen LogP contribution in [0.5, 0.6) is 5.75 Å². The Morgan fingerprint density at radius 1 is 0.833 bits per heavy atom. The average Bonchev–Trinajstić information content (AvgIpc) is 3.54. The van der Waals surface area contributed by atoms with Crippen LogP contribution in [0.15, 0.2) is 85.5 Å².